The van der Waals surface area contributed by atoms with Gasteiger partial charge in [-0.2, -0.15) is 0 Å². The fourth-order valence-corrected chi connectivity index (χ4v) is 3.57. The number of benzene rings is 1. The third-order valence-electron chi connectivity index (χ3n) is 4.64. The molecule has 1 amide bonds. The summed E-state index contributed by atoms with van der Waals surface area (Å²) in [6.07, 6.45) is 3.35. The molecule has 0 bridgehead atoms. The van der Waals surface area contributed by atoms with E-state index in [-0.39, 0.29) is 12.1 Å². The Morgan fingerprint density at radius 3 is 2.61 bits per heavy atom. The van der Waals surface area contributed by atoms with Crippen molar-refractivity contribution >= 4 is 6.09 Å². The van der Waals surface area contributed by atoms with Crippen LogP contribution < -0.4 is 5.32 Å². The third kappa shape index (κ3) is 4.71. The fourth-order valence-electron chi connectivity index (χ4n) is 3.57. The van der Waals surface area contributed by atoms with E-state index in [0.29, 0.717) is 5.41 Å². The Morgan fingerprint density at radius 1 is 1.30 bits per heavy atom. The number of hydrogen-bond acceptors (Lipinski definition) is 3. The summed E-state index contributed by atoms with van der Waals surface area (Å²) in [5.41, 5.74) is 1.31. The summed E-state index contributed by atoms with van der Waals surface area (Å²) in [5, 5.41) is 3.08. The summed E-state index contributed by atoms with van der Waals surface area (Å²) in [6, 6.07) is 10.7. The summed E-state index contributed by atoms with van der Waals surface area (Å²) in [7, 11) is 0. The maximum atomic E-state index is 12.1. The lowest BCUT2D eigenvalue weighted by Crippen LogP contribution is -2.52. The third-order valence-corrected chi connectivity index (χ3v) is 4.64. The van der Waals surface area contributed by atoms with E-state index in [9.17, 15) is 4.79 Å². The number of alkyl carbamates (subject to hydrolysis) is 1. The standard InChI is InChI=1S/C19H28N2O2/c1-18(2,3)23-17(22)20-16-11-19(9-10-19)14-21(13-16)12-15-7-5-4-6-8-15/h4-8,16H,9-14H2,1-3H3,(H,20,22)/t16-/m1/s1. The normalized spacial score (nSPS) is 23.5. The lowest BCUT2D eigenvalue weighted by Gasteiger charge is -2.38. The van der Waals surface area contributed by atoms with Gasteiger partial charge in [-0.1, -0.05) is 30.3 Å². The first-order valence-electron chi connectivity index (χ1n) is 8.59. The molecule has 0 aromatic heterocycles. The van der Waals surface area contributed by atoms with Gasteiger partial charge in [0.1, 0.15) is 5.60 Å². The summed E-state index contributed by atoms with van der Waals surface area (Å²) in [5.74, 6) is 0. The number of hydrogen-bond donors (Lipinski definition) is 1. The van der Waals surface area contributed by atoms with Gasteiger partial charge in [-0.3, -0.25) is 4.90 Å². The second-order valence-corrected chi connectivity index (χ2v) is 8.20. The molecule has 23 heavy (non-hydrogen) atoms. The number of ether oxygens (including phenoxy) is 1. The number of carbonyl (C=O) groups is 1. The molecule has 126 valence electrons. The topological polar surface area (TPSA) is 41.6 Å². The van der Waals surface area contributed by atoms with Gasteiger partial charge in [-0.05, 0) is 51.0 Å². The Bertz CT molecular complexity index is 546. The van der Waals surface area contributed by atoms with Crippen molar-refractivity contribution in [2.45, 2.75) is 58.2 Å². The number of nitrogens with one attached hydrogen (secondary N) is 1. The molecule has 1 aliphatic carbocycles. The Hall–Kier alpha value is -1.55. The maximum absolute atomic E-state index is 12.1. The molecule has 1 aromatic carbocycles. The molecule has 4 nitrogen and oxygen atoms in total. The lowest BCUT2D eigenvalue weighted by molar-refractivity contribution is 0.0433. The maximum Gasteiger partial charge on any atom is 0.407 e. The lowest BCUT2D eigenvalue weighted by atomic mass is 9.91. The molecular formula is C19H28N2O2. The second kappa shape index (κ2) is 6.16. The van der Waals surface area contributed by atoms with Crippen LogP contribution in [0.3, 0.4) is 0 Å². The van der Waals surface area contributed by atoms with Crippen molar-refractivity contribution < 1.29 is 9.53 Å². The van der Waals surface area contributed by atoms with Crippen molar-refractivity contribution in [1.29, 1.82) is 0 Å². The average Bonchev–Trinajstić information content (AvgIpc) is 3.15. The summed E-state index contributed by atoms with van der Waals surface area (Å²) >= 11 is 0. The van der Waals surface area contributed by atoms with Crippen LogP contribution in [0.5, 0.6) is 0 Å². The second-order valence-electron chi connectivity index (χ2n) is 8.20. The van der Waals surface area contributed by atoms with E-state index >= 15 is 0 Å². The number of carbonyl (C=O) groups excluding carboxylic acids is 1. The molecule has 2 aliphatic rings. The smallest absolute Gasteiger partial charge is 0.407 e. The van der Waals surface area contributed by atoms with Gasteiger partial charge < -0.3 is 10.1 Å². The fraction of sp³-hybridized carbons (Fsp3) is 0.632. The number of piperidine rings is 1. The SMILES string of the molecule is CC(C)(C)OC(=O)N[C@H]1CN(Cc2ccccc2)CC2(CC2)C1. The molecule has 1 aliphatic heterocycles. The van der Waals surface area contributed by atoms with Crippen LogP contribution >= 0.6 is 0 Å². The molecule has 1 N–H and O–H groups in total. The molecule has 0 radical (unpaired) electrons. The van der Waals surface area contributed by atoms with Crippen molar-refractivity contribution in [2.24, 2.45) is 5.41 Å². The van der Waals surface area contributed by atoms with Crippen LogP contribution in [0.25, 0.3) is 0 Å². The predicted molar refractivity (Wildman–Crippen MR) is 91.2 cm³/mol. The van der Waals surface area contributed by atoms with Gasteiger partial charge in [-0.25, -0.2) is 4.79 Å². The average molecular weight is 316 g/mol. The first-order chi connectivity index (χ1) is 10.8. The minimum Gasteiger partial charge on any atom is -0.444 e. The highest BCUT2D eigenvalue weighted by molar-refractivity contribution is 5.68. The van der Waals surface area contributed by atoms with Crippen LogP contribution in [-0.2, 0) is 11.3 Å². The van der Waals surface area contributed by atoms with E-state index in [2.05, 4.69) is 40.5 Å². The predicted octanol–water partition coefficient (Wildman–Crippen LogP) is 3.57. The van der Waals surface area contributed by atoms with Crippen LogP contribution in [0.4, 0.5) is 4.79 Å². The van der Waals surface area contributed by atoms with E-state index in [4.69, 9.17) is 4.74 Å². The number of amides is 1. The van der Waals surface area contributed by atoms with Gasteiger partial charge in [0.05, 0.1) is 0 Å². The molecule has 1 atom stereocenters. The number of nitrogens with zero attached hydrogens (tertiary/aromatic N) is 1. The number of likely N-dealkylation sites (tertiary alicyclic amines) is 1. The minimum atomic E-state index is -0.445. The van der Waals surface area contributed by atoms with Gasteiger partial charge in [0.15, 0.2) is 0 Å². The molecule has 1 spiro atoms. The highest BCUT2D eigenvalue weighted by Gasteiger charge is 2.48. The Morgan fingerprint density at radius 2 is 2.00 bits per heavy atom. The molecule has 2 fully saturated rings. The summed E-state index contributed by atoms with van der Waals surface area (Å²) < 4.78 is 5.41. The monoisotopic (exact) mass is 316 g/mol. The first kappa shape index (κ1) is 16.3. The van der Waals surface area contributed by atoms with Gasteiger partial charge in [0, 0.05) is 25.7 Å². The van der Waals surface area contributed by atoms with E-state index in [1.54, 1.807) is 0 Å². The zero-order valence-electron chi connectivity index (χ0n) is 14.5. The van der Waals surface area contributed by atoms with Crippen molar-refractivity contribution in [3.63, 3.8) is 0 Å². The zero-order valence-corrected chi connectivity index (χ0v) is 14.5. The van der Waals surface area contributed by atoms with Crippen molar-refractivity contribution in [3.05, 3.63) is 35.9 Å². The van der Waals surface area contributed by atoms with Crippen LogP contribution in [-0.4, -0.2) is 35.7 Å². The zero-order chi connectivity index (χ0) is 16.5. The van der Waals surface area contributed by atoms with Gasteiger partial charge in [0.2, 0.25) is 0 Å². The van der Waals surface area contributed by atoms with E-state index in [1.165, 1.54) is 18.4 Å². The molecular weight excluding hydrogens is 288 g/mol. The summed E-state index contributed by atoms with van der Waals surface area (Å²) in [4.78, 5) is 14.6. The number of rotatable bonds is 3. The quantitative estimate of drug-likeness (QED) is 0.927. The molecule has 1 saturated heterocycles. The molecule has 1 heterocycles. The van der Waals surface area contributed by atoms with Gasteiger partial charge in [0.25, 0.3) is 0 Å². The molecule has 0 unspecified atom stereocenters. The van der Waals surface area contributed by atoms with Crippen LogP contribution in [0.2, 0.25) is 0 Å². The van der Waals surface area contributed by atoms with Crippen molar-refractivity contribution in [2.75, 3.05) is 13.1 Å². The van der Waals surface area contributed by atoms with E-state index in [0.717, 1.165) is 26.1 Å². The molecule has 3 rings (SSSR count). The molecule has 4 heteroatoms. The van der Waals surface area contributed by atoms with Gasteiger partial charge in [-0.15, -0.1) is 0 Å². The van der Waals surface area contributed by atoms with E-state index in [1.807, 2.05) is 20.8 Å². The Balaban J connectivity index is 1.60. The van der Waals surface area contributed by atoms with Crippen LogP contribution in [0, 0.1) is 5.41 Å². The largest absolute Gasteiger partial charge is 0.444 e. The molecule has 1 aromatic rings. The first-order valence-corrected chi connectivity index (χ1v) is 8.59. The molecule has 1 saturated carbocycles. The van der Waals surface area contributed by atoms with Gasteiger partial charge >= 0.3 is 6.09 Å². The van der Waals surface area contributed by atoms with E-state index < -0.39 is 5.60 Å². The minimum absolute atomic E-state index is 0.185. The van der Waals surface area contributed by atoms with Crippen LogP contribution in [0.1, 0.15) is 45.6 Å². The highest BCUT2D eigenvalue weighted by atomic mass is 16.6. The highest BCUT2D eigenvalue weighted by Crippen LogP contribution is 2.52. The van der Waals surface area contributed by atoms with Crippen LogP contribution in [0.15, 0.2) is 30.3 Å². The Labute approximate surface area is 139 Å². The Kier molecular flexibility index (Phi) is 4.37. The van der Waals surface area contributed by atoms with Crippen molar-refractivity contribution in [3.8, 4) is 0 Å². The summed E-state index contributed by atoms with van der Waals surface area (Å²) in [6.45, 7) is 8.70. The van der Waals surface area contributed by atoms with Crippen molar-refractivity contribution in [1.82, 2.24) is 10.2 Å².